The van der Waals surface area contributed by atoms with Gasteiger partial charge in [-0.2, -0.15) is 0 Å². The number of nitrogens with zero attached hydrogens (tertiary/aromatic N) is 2. The number of fused-ring (bicyclic) bond motifs is 1. The fourth-order valence-electron chi connectivity index (χ4n) is 3.35. The molecule has 2 saturated heterocycles. The average Bonchev–Trinajstić information content (AvgIpc) is 2.67. The molecule has 2 aliphatic heterocycles. The van der Waals surface area contributed by atoms with Crippen LogP contribution >= 0.6 is 0 Å². The van der Waals surface area contributed by atoms with Gasteiger partial charge in [0.1, 0.15) is 0 Å². The van der Waals surface area contributed by atoms with Crippen molar-refractivity contribution in [1.29, 1.82) is 0 Å². The second kappa shape index (κ2) is 3.76. The Bertz CT molecular complexity index is 267. The van der Waals surface area contributed by atoms with Gasteiger partial charge in [0.25, 0.3) is 0 Å². The van der Waals surface area contributed by atoms with E-state index < -0.39 is 5.97 Å². The first kappa shape index (κ1) is 10.9. The molecule has 0 bridgehead atoms. The molecule has 1 N–H and O–H groups in total. The van der Waals surface area contributed by atoms with Crippen LogP contribution in [0.2, 0.25) is 0 Å². The molecular formula is C11H20N2O2. The number of hydrogen-bond acceptors (Lipinski definition) is 3. The van der Waals surface area contributed by atoms with E-state index in [0.717, 1.165) is 25.9 Å². The third-order valence-corrected chi connectivity index (χ3v) is 4.16. The molecule has 2 unspecified atom stereocenters. The highest BCUT2D eigenvalue weighted by molar-refractivity contribution is 5.68. The van der Waals surface area contributed by atoms with E-state index in [9.17, 15) is 4.79 Å². The maximum Gasteiger partial charge on any atom is 0.305 e. The summed E-state index contributed by atoms with van der Waals surface area (Å²) in [5.41, 5.74) is -0.123. The molecule has 0 radical (unpaired) electrons. The van der Waals surface area contributed by atoms with Crippen molar-refractivity contribution in [1.82, 2.24) is 9.80 Å². The molecule has 2 aliphatic rings. The second-order valence-corrected chi connectivity index (χ2v) is 5.01. The third kappa shape index (κ3) is 1.66. The van der Waals surface area contributed by atoms with Crippen molar-refractivity contribution in [3.8, 4) is 0 Å². The molecule has 0 aliphatic carbocycles. The summed E-state index contributed by atoms with van der Waals surface area (Å²) >= 11 is 0. The van der Waals surface area contributed by atoms with Gasteiger partial charge < -0.3 is 10.0 Å². The maximum absolute atomic E-state index is 11.0. The number of carboxylic acid groups (broad SMARTS) is 1. The number of carboxylic acids is 1. The Morgan fingerprint density at radius 1 is 1.53 bits per heavy atom. The summed E-state index contributed by atoms with van der Waals surface area (Å²) in [4.78, 5) is 15.6. The highest BCUT2D eigenvalue weighted by Gasteiger charge is 2.51. The summed E-state index contributed by atoms with van der Waals surface area (Å²) in [5.74, 6) is -0.669. The lowest BCUT2D eigenvalue weighted by Crippen LogP contribution is -2.53. The van der Waals surface area contributed by atoms with E-state index in [1.165, 1.54) is 6.42 Å². The number of rotatable bonds is 3. The van der Waals surface area contributed by atoms with Crippen LogP contribution < -0.4 is 0 Å². The smallest absolute Gasteiger partial charge is 0.305 e. The Morgan fingerprint density at radius 3 is 2.87 bits per heavy atom. The van der Waals surface area contributed by atoms with E-state index in [0.29, 0.717) is 6.04 Å². The van der Waals surface area contributed by atoms with Gasteiger partial charge in [-0.15, -0.1) is 0 Å². The Hall–Kier alpha value is -0.610. The van der Waals surface area contributed by atoms with Crippen molar-refractivity contribution in [2.24, 2.45) is 0 Å². The van der Waals surface area contributed by atoms with Gasteiger partial charge in [0.05, 0.1) is 6.42 Å². The van der Waals surface area contributed by atoms with Crippen molar-refractivity contribution in [2.75, 3.05) is 27.2 Å². The Morgan fingerprint density at radius 2 is 2.27 bits per heavy atom. The van der Waals surface area contributed by atoms with Crippen LogP contribution in [0.15, 0.2) is 0 Å². The zero-order valence-corrected chi connectivity index (χ0v) is 9.57. The zero-order chi connectivity index (χ0) is 11.1. The van der Waals surface area contributed by atoms with Gasteiger partial charge in [-0.05, 0) is 39.9 Å². The summed E-state index contributed by atoms with van der Waals surface area (Å²) in [6, 6.07) is 0.462. The lowest BCUT2D eigenvalue weighted by molar-refractivity contribution is -0.140. The quantitative estimate of drug-likeness (QED) is 0.745. The van der Waals surface area contributed by atoms with E-state index in [2.05, 4.69) is 9.80 Å². The molecule has 2 heterocycles. The maximum atomic E-state index is 11.0. The molecule has 0 amide bonds. The van der Waals surface area contributed by atoms with E-state index in [4.69, 9.17) is 5.11 Å². The highest BCUT2D eigenvalue weighted by Crippen LogP contribution is 2.41. The molecule has 15 heavy (non-hydrogen) atoms. The van der Waals surface area contributed by atoms with Crippen LogP contribution in [0.25, 0.3) is 0 Å². The Kier molecular flexibility index (Phi) is 2.73. The van der Waals surface area contributed by atoms with Gasteiger partial charge in [-0.3, -0.25) is 9.69 Å². The predicted octanol–water partition coefficient (Wildman–Crippen LogP) is 0.630. The molecule has 0 spiro atoms. The van der Waals surface area contributed by atoms with Gasteiger partial charge >= 0.3 is 5.97 Å². The second-order valence-electron chi connectivity index (χ2n) is 5.01. The normalized spacial score (nSPS) is 36.1. The van der Waals surface area contributed by atoms with Crippen LogP contribution in [0.5, 0.6) is 0 Å². The van der Waals surface area contributed by atoms with Gasteiger partial charge in [0, 0.05) is 18.1 Å². The van der Waals surface area contributed by atoms with E-state index in [-0.39, 0.29) is 12.0 Å². The highest BCUT2D eigenvalue weighted by atomic mass is 16.4. The van der Waals surface area contributed by atoms with Crippen LogP contribution in [0.4, 0.5) is 0 Å². The fraction of sp³-hybridized carbons (Fsp3) is 0.909. The molecule has 4 nitrogen and oxygen atoms in total. The summed E-state index contributed by atoms with van der Waals surface area (Å²) in [6.07, 6.45) is 3.66. The molecule has 0 saturated carbocycles. The SMILES string of the molecule is CN(C)C1(CC(=O)O)CCN2CCCC21. The summed E-state index contributed by atoms with van der Waals surface area (Å²) < 4.78 is 0. The average molecular weight is 212 g/mol. The minimum atomic E-state index is -0.669. The van der Waals surface area contributed by atoms with Gasteiger partial charge in [-0.1, -0.05) is 0 Å². The monoisotopic (exact) mass is 212 g/mol. The van der Waals surface area contributed by atoms with Crippen LogP contribution in [-0.2, 0) is 4.79 Å². The van der Waals surface area contributed by atoms with Gasteiger partial charge in [0.2, 0.25) is 0 Å². The van der Waals surface area contributed by atoms with E-state index in [1.54, 1.807) is 0 Å². The van der Waals surface area contributed by atoms with E-state index in [1.807, 2.05) is 14.1 Å². The van der Waals surface area contributed by atoms with Gasteiger partial charge in [-0.25, -0.2) is 0 Å². The van der Waals surface area contributed by atoms with Crippen molar-refractivity contribution in [3.05, 3.63) is 0 Å². The van der Waals surface area contributed by atoms with E-state index >= 15 is 0 Å². The first-order valence-electron chi connectivity index (χ1n) is 5.69. The largest absolute Gasteiger partial charge is 0.481 e. The molecular weight excluding hydrogens is 192 g/mol. The molecule has 4 heteroatoms. The minimum absolute atomic E-state index is 0.123. The number of carbonyl (C=O) groups is 1. The van der Waals surface area contributed by atoms with Crippen molar-refractivity contribution in [3.63, 3.8) is 0 Å². The van der Waals surface area contributed by atoms with Crippen molar-refractivity contribution >= 4 is 5.97 Å². The van der Waals surface area contributed by atoms with Crippen molar-refractivity contribution < 1.29 is 9.90 Å². The first-order chi connectivity index (χ1) is 7.06. The molecule has 0 aromatic heterocycles. The topological polar surface area (TPSA) is 43.8 Å². The van der Waals surface area contributed by atoms with Crippen LogP contribution in [0.1, 0.15) is 25.7 Å². The predicted molar refractivity (Wildman–Crippen MR) is 57.9 cm³/mol. The third-order valence-electron chi connectivity index (χ3n) is 4.16. The molecule has 0 aromatic carbocycles. The lowest BCUT2D eigenvalue weighted by Gasteiger charge is -2.40. The number of likely N-dealkylation sites (N-methyl/N-ethyl adjacent to an activating group) is 1. The van der Waals surface area contributed by atoms with Crippen molar-refractivity contribution in [2.45, 2.75) is 37.3 Å². The molecule has 0 aromatic rings. The summed E-state index contributed by atoms with van der Waals surface area (Å²) in [6.45, 7) is 2.22. The summed E-state index contributed by atoms with van der Waals surface area (Å²) in [5, 5.41) is 9.06. The zero-order valence-electron chi connectivity index (χ0n) is 9.57. The molecule has 2 rings (SSSR count). The number of aliphatic carboxylic acids is 1. The standard InChI is InChI=1S/C11H20N2O2/c1-12(2)11(8-10(14)15)5-7-13-6-3-4-9(11)13/h9H,3-8H2,1-2H3,(H,14,15). The molecule has 2 fully saturated rings. The first-order valence-corrected chi connectivity index (χ1v) is 5.69. The Labute approximate surface area is 90.9 Å². The number of hydrogen-bond donors (Lipinski definition) is 1. The lowest BCUT2D eigenvalue weighted by atomic mass is 9.84. The summed E-state index contributed by atoms with van der Waals surface area (Å²) in [7, 11) is 4.04. The fourth-order valence-corrected chi connectivity index (χ4v) is 3.35. The van der Waals surface area contributed by atoms with Crippen LogP contribution in [0, 0.1) is 0 Å². The van der Waals surface area contributed by atoms with Gasteiger partial charge in [0.15, 0.2) is 0 Å². The van der Waals surface area contributed by atoms with Crippen LogP contribution in [0.3, 0.4) is 0 Å². The molecule has 2 atom stereocenters. The Balaban J connectivity index is 2.22. The minimum Gasteiger partial charge on any atom is -0.481 e. The molecule has 86 valence electrons. The van der Waals surface area contributed by atoms with Crippen LogP contribution in [-0.4, -0.2) is 59.6 Å².